The van der Waals surface area contributed by atoms with E-state index in [4.69, 9.17) is 16.3 Å². The van der Waals surface area contributed by atoms with E-state index in [1.54, 1.807) is 41.6 Å². The number of benzene rings is 1. The van der Waals surface area contributed by atoms with Gasteiger partial charge in [-0.25, -0.2) is 0 Å². The van der Waals surface area contributed by atoms with Crippen LogP contribution in [-0.2, 0) is 9.59 Å². The highest BCUT2D eigenvalue weighted by Gasteiger charge is 2.49. The Morgan fingerprint density at radius 1 is 1.20 bits per heavy atom. The summed E-state index contributed by atoms with van der Waals surface area (Å²) < 4.78 is 5.24. The Morgan fingerprint density at radius 3 is 2.63 bits per heavy atom. The SMILES string of the molecule is COc1cc(/C(O)=C2/C(=O)C(=O)N(C3CCCCC3)C2c2cccnc2)ccc1Cl. The lowest BCUT2D eigenvalue weighted by molar-refractivity contribution is -0.141. The molecule has 1 aliphatic heterocycles. The molecule has 1 aromatic carbocycles. The Morgan fingerprint density at radius 2 is 1.97 bits per heavy atom. The summed E-state index contributed by atoms with van der Waals surface area (Å²) in [5.41, 5.74) is 1.14. The van der Waals surface area contributed by atoms with Gasteiger partial charge in [-0.15, -0.1) is 0 Å². The monoisotopic (exact) mass is 426 g/mol. The molecule has 1 saturated heterocycles. The van der Waals surface area contributed by atoms with Crippen molar-refractivity contribution in [2.45, 2.75) is 44.2 Å². The summed E-state index contributed by atoms with van der Waals surface area (Å²) in [7, 11) is 1.47. The molecule has 2 aliphatic rings. The summed E-state index contributed by atoms with van der Waals surface area (Å²) in [6.45, 7) is 0. The number of carbonyl (C=O) groups excluding carboxylic acids is 2. The zero-order valence-corrected chi connectivity index (χ0v) is 17.4. The molecule has 1 saturated carbocycles. The van der Waals surface area contributed by atoms with Gasteiger partial charge in [0.05, 0.1) is 23.7 Å². The van der Waals surface area contributed by atoms with Gasteiger partial charge < -0.3 is 14.7 Å². The number of ether oxygens (including phenoxy) is 1. The van der Waals surface area contributed by atoms with Gasteiger partial charge in [0.2, 0.25) is 0 Å². The molecule has 1 atom stereocenters. The highest BCUT2D eigenvalue weighted by atomic mass is 35.5. The Bertz CT molecular complexity index is 1000. The van der Waals surface area contributed by atoms with E-state index in [0.717, 1.165) is 32.1 Å². The average Bonchev–Trinajstić information content (AvgIpc) is 3.05. The molecule has 1 aliphatic carbocycles. The average molecular weight is 427 g/mol. The number of pyridine rings is 1. The van der Waals surface area contributed by atoms with Gasteiger partial charge in [0.1, 0.15) is 11.5 Å². The van der Waals surface area contributed by atoms with Gasteiger partial charge >= 0.3 is 0 Å². The normalized spacial score (nSPS) is 21.8. The minimum absolute atomic E-state index is 0.0366. The van der Waals surface area contributed by atoms with Gasteiger partial charge in [0.15, 0.2) is 0 Å². The van der Waals surface area contributed by atoms with Gasteiger partial charge in [0.25, 0.3) is 11.7 Å². The second kappa shape index (κ2) is 8.48. The first-order chi connectivity index (χ1) is 14.5. The number of likely N-dealkylation sites (tertiary alicyclic amines) is 1. The third-order valence-corrected chi connectivity index (χ3v) is 6.19. The smallest absolute Gasteiger partial charge is 0.295 e. The highest BCUT2D eigenvalue weighted by molar-refractivity contribution is 6.46. The first-order valence-corrected chi connectivity index (χ1v) is 10.4. The molecule has 1 amide bonds. The van der Waals surface area contributed by atoms with Crippen molar-refractivity contribution in [2.24, 2.45) is 0 Å². The lowest BCUT2D eigenvalue weighted by Gasteiger charge is -2.35. The number of ketones is 1. The van der Waals surface area contributed by atoms with Crippen LogP contribution in [0.1, 0.15) is 49.3 Å². The summed E-state index contributed by atoms with van der Waals surface area (Å²) in [5, 5.41) is 11.5. The number of aromatic nitrogens is 1. The fourth-order valence-electron chi connectivity index (χ4n) is 4.41. The maximum absolute atomic E-state index is 13.1. The van der Waals surface area contributed by atoms with Gasteiger partial charge in [0, 0.05) is 24.0 Å². The number of carbonyl (C=O) groups is 2. The molecule has 0 radical (unpaired) electrons. The van der Waals surface area contributed by atoms with Crippen LogP contribution in [0, 0.1) is 0 Å². The molecular weight excluding hydrogens is 404 g/mol. The van der Waals surface area contributed by atoms with Crippen LogP contribution in [0.4, 0.5) is 0 Å². The van der Waals surface area contributed by atoms with Crippen molar-refractivity contribution in [3.8, 4) is 5.75 Å². The van der Waals surface area contributed by atoms with Crippen molar-refractivity contribution in [2.75, 3.05) is 7.11 Å². The van der Waals surface area contributed by atoms with E-state index < -0.39 is 17.7 Å². The second-order valence-electron chi connectivity index (χ2n) is 7.63. The number of aliphatic hydroxyl groups is 1. The molecule has 1 unspecified atom stereocenters. The molecular formula is C23H23ClN2O4. The number of methoxy groups -OCH3 is 1. The molecule has 7 heteroatoms. The summed E-state index contributed by atoms with van der Waals surface area (Å²) in [6.07, 6.45) is 8.13. The first kappa shape index (κ1) is 20.4. The van der Waals surface area contributed by atoms with Crippen molar-refractivity contribution in [1.82, 2.24) is 9.88 Å². The van der Waals surface area contributed by atoms with E-state index in [-0.39, 0.29) is 17.4 Å². The Balaban J connectivity index is 1.87. The fourth-order valence-corrected chi connectivity index (χ4v) is 4.61. The van der Waals surface area contributed by atoms with Crippen LogP contribution in [0.5, 0.6) is 5.75 Å². The first-order valence-electron chi connectivity index (χ1n) is 10.1. The van der Waals surface area contributed by atoms with E-state index in [9.17, 15) is 14.7 Å². The minimum atomic E-state index is -0.680. The van der Waals surface area contributed by atoms with Crippen LogP contribution in [-0.4, -0.2) is 39.8 Å². The standard InChI is InChI=1S/C23H23ClN2O4/c1-30-18-12-14(9-10-17(18)24)21(27)19-20(15-6-5-11-25-13-15)26(23(29)22(19)28)16-7-3-2-4-8-16/h5-6,9-13,16,20,27H,2-4,7-8H2,1H3/b21-19-. The third-order valence-electron chi connectivity index (χ3n) is 5.87. The van der Waals surface area contributed by atoms with E-state index in [1.807, 2.05) is 6.07 Å². The molecule has 1 aromatic heterocycles. The van der Waals surface area contributed by atoms with Crippen molar-refractivity contribution in [3.63, 3.8) is 0 Å². The number of hydrogen-bond donors (Lipinski definition) is 1. The predicted molar refractivity (Wildman–Crippen MR) is 113 cm³/mol. The number of rotatable bonds is 4. The Labute approximate surface area is 180 Å². The van der Waals surface area contributed by atoms with Crippen LogP contribution < -0.4 is 4.74 Å². The lowest BCUT2D eigenvalue weighted by atomic mass is 9.91. The number of Topliss-reactive ketones (excluding diaryl/α,β-unsaturated/α-hetero) is 1. The van der Waals surface area contributed by atoms with Crippen LogP contribution in [0.2, 0.25) is 5.02 Å². The number of nitrogens with zero attached hydrogens (tertiary/aromatic N) is 2. The molecule has 0 spiro atoms. The zero-order chi connectivity index (χ0) is 21.3. The molecule has 6 nitrogen and oxygen atoms in total. The number of aliphatic hydroxyl groups excluding tert-OH is 1. The number of hydrogen-bond acceptors (Lipinski definition) is 5. The zero-order valence-electron chi connectivity index (χ0n) is 16.7. The van der Waals surface area contributed by atoms with Gasteiger partial charge in [-0.05, 0) is 42.7 Å². The van der Waals surface area contributed by atoms with Crippen molar-refractivity contribution in [1.29, 1.82) is 0 Å². The summed E-state index contributed by atoms with van der Waals surface area (Å²) in [5.74, 6) is -1.12. The largest absolute Gasteiger partial charge is 0.507 e. The van der Waals surface area contributed by atoms with E-state index >= 15 is 0 Å². The van der Waals surface area contributed by atoms with Gasteiger partial charge in [-0.1, -0.05) is 36.9 Å². The van der Waals surface area contributed by atoms with E-state index in [2.05, 4.69) is 4.98 Å². The summed E-state index contributed by atoms with van der Waals surface area (Å²) in [6, 6.07) is 7.64. The minimum Gasteiger partial charge on any atom is -0.507 e. The Kier molecular flexibility index (Phi) is 5.77. The van der Waals surface area contributed by atoms with E-state index in [1.165, 1.54) is 7.11 Å². The molecule has 1 N–H and O–H groups in total. The number of amides is 1. The van der Waals surface area contributed by atoms with Crippen molar-refractivity contribution < 1.29 is 19.4 Å². The van der Waals surface area contributed by atoms with Crippen molar-refractivity contribution >= 4 is 29.1 Å². The maximum Gasteiger partial charge on any atom is 0.295 e. The second-order valence-corrected chi connectivity index (χ2v) is 8.04. The Hall–Kier alpha value is -2.86. The maximum atomic E-state index is 13.1. The molecule has 2 aromatic rings. The lowest BCUT2D eigenvalue weighted by Crippen LogP contribution is -2.40. The van der Waals surface area contributed by atoms with E-state index in [0.29, 0.717) is 21.9 Å². The van der Waals surface area contributed by atoms with Crippen LogP contribution in [0.25, 0.3) is 5.76 Å². The summed E-state index contributed by atoms with van der Waals surface area (Å²) >= 11 is 6.10. The fraction of sp³-hybridized carbons (Fsp3) is 0.348. The molecule has 0 bridgehead atoms. The molecule has 156 valence electrons. The van der Waals surface area contributed by atoms with Crippen LogP contribution in [0.3, 0.4) is 0 Å². The number of halogens is 1. The molecule has 30 heavy (non-hydrogen) atoms. The molecule has 2 fully saturated rings. The summed E-state index contributed by atoms with van der Waals surface area (Å²) in [4.78, 5) is 32.0. The van der Waals surface area contributed by atoms with Crippen LogP contribution >= 0.6 is 11.6 Å². The van der Waals surface area contributed by atoms with Gasteiger partial charge in [-0.2, -0.15) is 0 Å². The predicted octanol–water partition coefficient (Wildman–Crippen LogP) is 4.50. The molecule has 2 heterocycles. The third kappa shape index (κ3) is 3.56. The van der Waals surface area contributed by atoms with Gasteiger partial charge in [-0.3, -0.25) is 14.6 Å². The quantitative estimate of drug-likeness (QED) is 0.442. The topological polar surface area (TPSA) is 79.7 Å². The highest BCUT2D eigenvalue weighted by Crippen LogP contribution is 2.43. The van der Waals surface area contributed by atoms with Crippen molar-refractivity contribution in [3.05, 3.63) is 64.4 Å². The van der Waals surface area contributed by atoms with Crippen LogP contribution in [0.15, 0.2) is 48.3 Å². The molecule has 4 rings (SSSR count).